The number of nitrogens with one attached hydrogen (secondary N) is 2. The normalized spacial score (nSPS) is 14.0. The zero-order chi connectivity index (χ0) is 21.3. The van der Waals surface area contributed by atoms with Gasteiger partial charge in [0.25, 0.3) is 0 Å². The van der Waals surface area contributed by atoms with Gasteiger partial charge in [-0.05, 0) is 36.4 Å². The minimum absolute atomic E-state index is 0.113. The Hall–Kier alpha value is -3.46. The van der Waals surface area contributed by atoms with Gasteiger partial charge in [0.2, 0.25) is 0 Å². The first-order valence-corrected chi connectivity index (χ1v) is 9.72. The number of aryl methyl sites for hydroxylation is 2. The molecule has 30 heavy (non-hydrogen) atoms. The number of benzene rings is 2. The number of imidazole rings is 1. The Morgan fingerprint density at radius 3 is 2.27 bits per heavy atom. The maximum atomic E-state index is 12.7. The van der Waals surface area contributed by atoms with Crippen molar-refractivity contribution < 1.29 is 14.3 Å². The minimum Gasteiger partial charge on any atom is -0.497 e. The van der Waals surface area contributed by atoms with Gasteiger partial charge in [0, 0.05) is 32.9 Å². The summed E-state index contributed by atoms with van der Waals surface area (Å²) in [6.07, 6.45) is 0. The number of nitrogens with zero attached hydrogens (tertiary/aromatic N) is 3. The summed E-state index contributed by atoms with van der Waals surface area (Å²) in [5.41, 5.74) is 3.59. The number of fused-ring (bicyclic) bond motifs is 1. The summed E-state index contributed by atoms with van der Waals surface area (Å²) in [6, 6.07) is 10.5. The van der Waals surface area contributed by atoms with E-state index in [9.17, 15) is 9.59 Å². The Balaban J connectivity index is 1.67. The third-order valence-electron chi connectivity index (χ3n) is 5.34. The quantitative estimate of drug-likeness (QED) is 0.688. The average Bonchev–Trinajstić information content (AvgIpc) is 2.98. The van der Waals surface area contributed by atoms with E-state index < -0.39 is 0 Å². The maximum absolute atomic E-state index is 12.7. The lowest BCUT2D eigenvalue weighted by Gasteiger charge is -2.30. The van der Waals surface area contributed by atoms with E-state index in [2.05, 4.69) is 15.5 Å². The first kappa shape index (κ1) is 19.8. The number of hydrogen-bond acceptors (Lipinski definition) is 5. The van der Waals surface area contributed by atoms with Crippen molar-refractivity contribution in [2.45, 2.75) is 0 Å². The number of ether oxygens (including phenoxy) is 2. The summed E-state index contributed by atoms with van der Waals surface area (Å²) in [4.78, 5) is 27.2. The van der Waals surface area contributed by atoms with E-state index >= 15 is 0 Å². The van der Waals surface area contributed by atoms with Crippen molar-refractivity contribution in [3.05, 3.63) is 46.9 Å². The summed E-state index contributed by atoms with van der Waals surface area (Å²) >= 11 is 0. The van der Waals surface area contributed by atoms with Crippen LogP contribution in [-0.4, -0.2) is 48.6 Å². The second-order valence-electron chi connectivity index (χ2n) is 7.17. The van der Waals surface area contributed by atoms with Crippen LogP contribution < -0.4 is 26.0 Å². The highest BCUT2D eigenvalue weighted by molar-refractivity contribution is 6.04. The molecule has 1 aromatic heterocycles. The highest BCUT2D eigenvalue weighted by atomic mass is 16.5. The Bertz CT molecular complexity index is 1130. The first-order chi connectivity index (χ1) is 14.5. The van der Waals surface area contributed by atoms with Crippen LogP contribution in [0.3, 0.4) is 0 Å². The van der Waals surface area contributed by atoms with Crippen LogP contribution in [0.2, 0.25) is 0 Å². The number of aromatic nitrogens is 2. The summed E-state index contributed by atoms with van der Waals surface area (Å²) in [6.45, 7) is 2.65. The fourth-order valence-corrected chi connectivity index (χ4v) is 3.66. The highest BCUT2D eigenvalue weighted by Crippen LogP contribution is 2.32. The predicted octanol–water partition coefficient (Wildman–Crippen LogP) is 2.37. The third kappa shape index (κ3) is 3.71. The van der Waals surface area contributed by atoms with Crippen LogP contribution in [-0.2, 0) is 18.8 Å². The zero-order valence-electron chi connectivity index (χ0n) is 17.3. The van der Waals surface area contributed by atoms with E-state index in [1.54, 1.807) is 54.6 Å². The van der Waals surface area contributed by atoms with Crippen molar-refractivity contribution in [1.29, 1.82) is 0 Å². The summed E-state index contributed by atoms with van der Waals surface area (Å²) in [5, 5.41) is 5.77. The number of morpholine rings is 1. The molecule has 1 aliphatic heterocycles. The van der Waals surface area contributed by atoms with Crippen LogP contribution in [0.5, 0.6) is 5.75 Å². The standard InChI is InChI=1S/C21H25N5O4/c1-24-18-12-16(23-20(27)22-14-4-6-15(29-3)7-5-14)17(26-8-10-30-11-9-26)13-19(18)25(2)21(24)28/h4-7,12-13H,8-11H2,1-3H3,(H2,22,23,27). The number of rotatable bonds is 4. The molecule has 4 rings (SSSR count). The fraction of sp³-hybridized carbons (Fsp3) is 0.333. The SMILES string of the molecule is COc1ccc(NC(=O)Nc2cc3c(cc2N2CCOCC2)n(C)c(=O)n3C)cc1. The van der Waals surface area contributed by atoms with Gasteiger partial charge < -0.3 is 25.0 Å². The monoisotopic (exact) mass is 411 g/mol. The highest BCUT2D eigenvalue weighted by Gasteiger charge is 2.20. The molecule has 0 spiro atoms. The zero-order valence-corrected chi connectivity index (χ0v) is 17.3. The summed E-state index contributed by atoms with van der Waals surface area (Å²) in [7, 11) is 5.06. The molecule has 1 saturated heterocycles. The molecule has 158 valence electrons. The summed E-state index contributed by atoms with van der Waals surface area (Å²) in [5.74, 6) is 0.714. The number of amides is 2. The van der Waals surface area contributed by atoms with E-state index in [0.717, 1.165) is 16.7 Å². The lowest BCUT2D eigenvalue weighted by Crippen LogP contribution is -2.37. The fourth-order valence-electron chi connectivity index (χ4n) is 3.66. The van der Waals surface area contributed by atoms with Gasteiger partial charge in [-0.25, -0.2) is 9.59 Å². The number of carbonyl (C=O) groups is 1. The molecule has 9 nitrogen and oxygen atoms in total. The van der Waals surface area contributed by atoms with Crippen LogP contribution >= 0.6 is 0 Å². The van der Waals surface area contributed by atoms with E-state index in [1.807, 2.05) is 12.1 Å². The Morgan fingerprint density at radius 1 is 1.00 bits per heavy atom. The maximum Gasteiger partial charge on any atom is 0.328 e. The molecule has 2 heterocycles. The first-order valence-electron chi connectivity index (χ1n) is 9.72. The van der Waals surface area contributed by atoms with Gasteiger partial charge >= 0.3 is 11.7 Å². The van der Waals surface area contributed by atoms with E-state index in [0.29, 0.717) is 43.4 Å². The molecule has 2 N–H and O–H groups in total. The van der Waals surface area contributed by atoms with Crippen LogP contribution in [0.4, 0.5) is 21.9 Å². The lowest BCUT2D eigenvalue weighted by molar-refractivity contribution is 0.123. The van der Waals surface area contributed by atoms with Crippen LogP contribution in [0.25, 0.3) is 11.0 Å². The Morgan fingerprint density at radius 2 is 1.63 bits per heavy atom. The van der Waals surface area contributed by atoms with Gasteiger partial charge in [0.05, 0.1) is 42.7 Å². The van der Waals surface area contributed by atoms with Gasteiger partial charge in [-0.3, -0.25) is 9.13 Å². The number of hydrogen-bond donors (Lipinski definition) is 2. The second kappa shape index (κ2) is 8.11. The molecule has 0 radical (unpaired) electrons. The van der Waals surface area contributed by atoms with Crippen LogP contribution in [0, 0.1) is 0 Å². The lowest BCUT2D eigenvalue weighted by atomic mass is 10.2. The van der Waals surface area contributed by atoms with Crippen molar-refractivity contribution in [2.24, 2.45) is 14.1 Å². The predicted molar refractivity (Wildman–Crippen MR) is 117 cm³/mol. The van der Waals surface area contributed by atoms with Gasteiger partial charge in [0.15, 0.2) is 0 Å². The molecule has 1 fully saturated rings. The molecule has 2 aromatic carbocycles. The molecule has 3 aromatic rings. The molecule has 0 aliphatic carbocycles. The van der Waals surface area contributed by atoms with Gasteiger partial charge in [-0.2, -0.15) is 0 Å². The van der Waals surface area contributed by atoms with Crippen LogP contribution in [0.1, 0.15) is 0 Å². The number of anilines is 3. The van der Waals surface area contributed by atoms with E-state index in [1.165, 1.54) is 0 Å². The van der Waals surface area contributed by atoms with Crippen LogP contribution in [0.15, 0.2) is 41.2 Å². The van der Waals surface area contributed by atoms with E-state index in [4.69, 9.17) is 9.47 Å². The van der Waals surface area contributed by atoms with E-state index in [-0.39, 0.29) is 11.7 Å². The molecule has 9 heteroatoms. The van der Waals surface area contributed by atoms with Crippen molar-refractivity contribution in [3.8, 4) is 5.75 Å². The molecule has 0 saturated carbocycles. The number of carbonyl (C=O) groups excluding carboxylic acids is 1. The van der Waals surface area contributed by atoms with Crippen molar-refractivity contribution in [2.75, 3.05) is 48.9 Å². The Labute approximate surface area is 173 Å². The topological polar surface area (TPSA) is 89.8 Å². The molecule has 0 bridgehead atoms. The molecule has 0 unspecified atom stereocenters. The van der Waals surface area contributed by atoms with Crippen molar-refractivity contribution >= 4 is 34.1 Å². The Kier molecular flexibility index (Phi) is 5.37. The van der Waals surface area contributed by atoms with Gasteiger partial charge in [0.1, 0.15) is 5.75 Å². The smallest absolute Gasteiger partial charge is 0.328 e. The van der Waals surface area contributed by atoms with Gasteiger partial charge in [-0.1, -0.05) is 0 Å². The second-order valence-corrected chi connectivity index (χ2v) is 7.17. The average molecular weight is 411 g/mol. The number of methoxy groups -OCH3 is 1. The molecule has 2 amide bonds. The minimum atomic E-state index is -0.366. The molecule has 1 aliphatic rings. The largest absolute Gasteiger partial charge is 0.497 e. The summed E-state index contributed by atoms with van der Waals surface area (Å²) < 4.78 is 13.8. The van der Waals surface area contributed by atoms with Crippen molar-refractivity contribution in [1.82, 2.24) is 9.13 Å². The number of urea groups is 1. The van der Waals surface area contributed by atoms with Crippen molar-refractivity contribution in [3.63, 3.8) is 0 Å². The van der Waals surface area contributed by atoms with Gasteiger partial charge in [-0.15, -0.1) is 0 Å². The third-order valence-corrected chi connectivity index (χ3v) is 5.34. The molecule has 0 atom stereocenters. The molecular formula is C21H25N5O4. The molecular weight excluding hydrogens is 386 g/mol.